The van der Waals surface area contributed by atoms with E-state index in [0.29, 0.717) is 6.04 Å². The predicted octanol–water partition coefficient (Wildman–Crippen LogP) is 2.41. The molecule has 15 heavy (non-hydrogen) atoms. The SMILES string of the molecule is Cc1ccnc(N2CC(C)CCC2C)n1. The molecule has 1 saturated heterocycles. The molecule has 0 spiro atoms. The molecule has 0 N–H and O–H groups in total. The van der Waals surface area contributed by atoms with Crippen LogP contribution in [0.4, 0.5) is 5.95 Å². The van der Waals surface area contributed by atoms with Crippen molar-refractivity contribution in [3.63, 3.8) is 0 Å². The Labute approximate surface area is 91.5 Å². The van der Waals surface area contributed by atoms with Crippen LogP contribution >= 0.6 is 0 Å². The van der Waals surface area contributed by atoms with Crippen molar-refractivity contribution >= 4 is 5.95 Å². The first-order chi connectivity index (χ1) is 7.16. The lowest BCUT2D eigenvalue weighted by Gasteiger charge is -2.36. The van der Waals surface area contributed by atoms with Crippen LogP contribution < -0.4 is 4.90 Å². The Morgan fingerprint density at radius 3 is 2.87 bits per heavy atom. The zero-order valence-electron chi connectivity index (χ0n) is 9.77. The van der Waals surface area contributed by atoms with Crippen LogP contribution in [-0.4, -0.2) is 22.6 Å². The van der Waals surface area contributed by atoms with E-state index in [2.05, 4.69) is 28.7 Å². The maximum atomic E-state index is 4.50. The van der Waals surface area contributed by atoms with E-state index in [-0.39, 0.29) is 0 Å². The standard InChI is InChI=1S/C12H19N3/c1-9-4-5-11(3)15(8-9)12-13-7-6-10(2)14-12/h6-7,9,11H,4-5,8H2,1-3H3. The smallest absolute Gasteiger partial charge is 0.225 e. The van der Waals surface area contributed by atoms with Gasteiger partial charge in [-0.3, -0.25) is 0 Å². The molecular formula is C12H19N3. The van der Waals surface area contributed by atoms with Gasteiger partial charge < -0.3 is 4.90 Å². The highest BCUT2D eigenvalue weighted by Gasteiger charge is 2.24. The molecule has 1 aliphatic heterocycles. The van der Waals surface area contributed by atoms with E-state index in [9.17, 15) is 0 Å². The predicted molar refractivity (Wildman–Crippen MR) is 62.0 cm³/mol. The molecule has 1 aliphatic rings. The number of aromatic nitrogens is 2. The Bertz CT molecular complexity index is 337. The second kappa shape index (κ2) is 4.17. The molecule has 82 valence electrons. The second-order valence-corrected chi connectivity index (χ2v) is 4.68. The lowest BCUT2D eigenvalue weighted by atomic mass is 9.95. The summed E-state index contributed by atoms with van der Waals surface area (Å²) in [5.41, 5.74) is 1.05. The normalized spacial score (nSPS) is 26.7. The van der Waals surface area contributed by atoms with E-state index in [1.807, 2.05) is 19.2 Å². The molecule has 2 rings (SSSR count). The third-order valence-electron chi connectivity index (χ3n) is 3.16. The summed E-state index contributed by atoms with van der Waals surface area (Å²) < 4.78 is 0. The molecule has 3 heteroatoms. The van der Waals surface area contributed by atoms with Crippen LogP contribution in [-0.2, 0) is 0 Å². The number of hydrogen-bond acceptors (Lipinski definition) is 3. The Morgan fingerprint density at radius 2 is 2.13 bits per heavy atom. The lowest BCUT2D eigenvalue weighted by molar-refractivity contribution is 0.385. The first kappa shape index (κ1) is 10.4. The molecule has 3 nitrogen and oxygen atoms in total. The van der Waals surface area contributed by atoms with Gasteiger partial charge in [-0.25, -0.2) is 9.97 Å². The van der Waals surface area contributed by atoms with Crippen molar-refractivity contribution in [2.45, 2.75) is 39.7 Å². The van der Waals surface area contributed by atoms with Crippen molar-refractivity contribution in [3.8, 4) is 0 Å². The molecule has 2 unspecified atom stereocenters. The van der Waals surface area contributed by atoms with E-state index in [4.69, 9.17) is 0 Å². The number of aryl methyl sites for hydroxylation is 1. The third-order valence-corrected chi connectivity index (χ3v) is 3.16. The van der Waals surface area contributed by atoms with Crippen molar-refractivity contribution in [3.05, 3.63) is 18.0 Å². The second-order valence-electron chi connectivity index (χ2n) is 4.68. The third kappa shape index (κ3) is 2.28. The van der Waals surface area contributed by atoms with Gasteiger partial charge in [0.15, 0.2) is 0 Å². The van der Waals surface area contributed by atoms with Crippen LogP contribution in [0, 0.1) is 12.8 Å². The van der Waals surface area contributed by atoms with Crippen LogP contribution in [0.1, 0.15) is 32.4 Å². The maximum Gasteiger partial charge on any atom is 0.225 e. The number of piperidine rings is 1. The molecular weight excluding hydrogens is 186 g/mol. The molecule has 0 aliphatic carbocycles. The average molecular weight is 205 g/mol. The van der Waals surface area contributed by atoms with Gasteiger partial charge in [0, 0.05) is 24.5 Å². The number of anilines is 1. The van der Waals surface area contributed by atoms with E-state index in [1.165, 1.54) is 12.8 Å². The topological polar surface area (TPSA) is 29.0 Å². The fourth-order valence-electron chi connectivity index (χ4n) is 2.14. The van der Waals surface area contributed by atoms with E-state index in [1.54, 1.807) is 0 Å². The molecule has 0 aromatic carbocycles. The van der Waals surface area contributed by atoms with Crippen LogP contribution in [0.15, 0.2) is 12.3 Å². The van der Waals surface area contributed by atoms with Gasteiger partial charge in [0.25, 0.3) is 0 Å². The Morgan fingerprint density at radius 1 is 1.33 bits per heavy atom. The Hall–Kier alpha value is -1.12. The number of nitrogens with zero attached hydrogens (tertiary/aromatic N) is 3. The zero-order chi connectivity index (χ0) is 10.8. The minimum atomic E-state index is 0.572. The van der Waals surface area contributed by atoms with Crippen molar-refractivity contribution < 1.29 is 0 Å². The minimum Gasteiger partial charge on any atom is -0.338 e. The monoisotopic (exact) mass is 205 g/mol. The van der Waals surface area contributed by atoms with Crippen LogP contribution in [0.2, 0.25) is 0 Å². The van der Waals surface area contributed by atoms with Gasteiger partial charge >= 0.3 is 0 Å². The summed E-state index contributed by atoms with van der Waals surface area (Å²) in [4.78, 5) is 11.2. The summed E-state index contributed by atoms with van der Waals surface area (Å²) in [6, 6.07) is 2.52. The summed E-state index contributed by atoms with van der Waals surface area (Å²) in [6.45, 7) is 7.67. The molecule has 1 aromatic rings. The highest BCUT2D eigenvalue weighted by atomic mass is 15.3. The highest BCUT2D eigenvalue weighted by Crippen LogP contribution is 2.24. The van der Waals surface area contributed by atoms with Crippen molar-refractivity contribution in [2.24, 2.45) is 5.92 Å². The van der Waals surface area contributed by atoms with Crippen molar-refractivity contribution in [2.75, 3.05) is 11.4 Å². The fraction of sp³-hybridized carbons (Fsp3) is 0.667. The summed E-state index contributed by atoms with van der Waals surface area (Å²) in [5, 5.41) is 0. The van der Waals surface area contributed by atoms with E-state index < -0.39 is 0 Å². The lowest BCUT2D eigenvalue weighted by Crippen LogP contribution is -2.42. The van der Waals surface area contributed by atoms with Gasteiger partial charge in [0.1, 0.15) is 0 Å². The summed E-state index contributed by atoms with van der Waals surface area (Å²) in [6.07, 6.45) is 4.42. The molecule has 2 heterocycles. The number of rotatable bonds is 1. The summed E-state index contributed by atoms with van der Waals surface area (Å²) in [7, 11) is 0. The van der Waals surface area contributed by atoms with Gasteiger partial charge in [-0.2, -0.15) is 0 Å². The van der Waals surface area contributed by atoms with Gasteiger partial charge in [0.05, 0.1) is 0 Å². The van der Waals surface area contributed by atoms with Gasteiger partial charge in [-0.1, -0.05) is 6.92 Å². The first-order valence-electron chi connectivity index (χ1n) is 5.73. The van der Waals surface area contributed by atoms with Crippen LogP contribution in [0.25, 0.3) is 0 Å². The van der Waals surface area contributed by atoms with Crippen molar-refractivity contribution in [1.29, 1.82) is 0 Å². The average Bonchev–Trinajstić information content (AvgIpc) is 2.22. The summed E-state index contributed by atoms with van der Waals surface area (Å²) >= 11 is 0. The molecule has 1 aromatic heterocycles. The largest absolute Gasteiger partial charge is 0.338 e. The van der Waals surface area contributed by atoms with E-state index >= 15 is 0 Å². The molecule has 1 fully saturated rings. The van der Waals surface area contributed by atoms with Gasteiger partial charge in [0.2, 0.25) is 5.95 Å². The van der Waals surface area contributed by atoms with Gasteiger partial charge in [-0.15, -0.1) is 0 Å². The number of hydrogen-bond donors (Lipinski definition) is 0. The molecule has 0 saturated carbocycles. The quantitative estimate of drug-likeness (QED) is 0.705. The van der Waals surface area contributed by atoms with Crippen molar-refractivity contribution in [1.82, 2.24) is 9.97 Å². The fourth-order valence-corrected chi connectivity index (χ4v) is 2.14. The van der Waals surface area contributed by atoms with E-state index in [0.717, 1.165) is 24.1 Å². The van der Waals surface area contributed by atoms with Crippen LogP contribution in [0.3, 0.4) is 0 Å². The molecule has 0 amide bonds. The Balaban J connectivity index is 2.21. The van der Waals surface area contributed by atoms with Crippen LogP contribution in [0.5, 0.6) is 0 Å². The summed E-state index contributed by atoms with van der Waals surface area (Å²) in [5.74, 6) is 1.65. The first-order valence-corrected chi connectivity index (χ1v) is 5.73. The minimum absolute atomic E-state index is 0.572. The highest BCUT2D eigenvalue weighted by molar-refractivity contribution is 5.32. The Kier molecular flexibility index (Phi) is 2.89. The maximum absolute atomic E-state index is 4.50. The van der Waals surface area contributed by atoms with Gasteiger partial charge in [-0.05, 0) is 38.7 Å². The molecule has 2 atom stereocenters. The zero-order valence-corrected chi connectivity index (χ0v) is 9.77. The molecule has 0 radical (unpaired) electrons. The molecule has 0 bridgehead atoms.